The minimum atomic E-state index is -0.0255. The van der Waals surface area contributed by atoms with Gasteiger partial charge in [0.25, 0.3) is 0 Å². The fourth-order valence-corrected chi connectivity index (χ4v) is 1.44. The fourth-order valence-electron chi connectivity index (χ4n) is 1.44. The van der Waals surface area contributed by atoms with Crippen molar-refractivity contribution in [2.24, 2.45) is 0 Å². The average Bonchev–Trinajstić information content (AvgIpc) is 2.35. The lowest BCUT2D eigenvalue weighted by atomic mass is 10.2. The normalized spacial score (nSPS) is 9.67. The number of carbonyl (C=O) groups is 1. The summed E-state index contributed by atoms with van der Waals surface area (Å²) in [5, 5.41) is 8.75. The highest BCUT2D eigenvalue weighted by atomic mass is 16.2. The zero-order chi connectivity index (χ0) is 13.7. The molecular weight excluding hydrogens is 230 g/mol. The number of amides is 1. The van der Waals surface area contributed by atoms with Crippen molar-refractivity contribution in [1.29, 1.82) is 5.26 Å². The summed E-state index contributed by atoms with van der Waals surface area (Å²) < 4.78 is 0. The molecule has 0 aliphatic carbocycles. The predicted octanol–water partition coefficient (Wildman–Crippen LogP) is 0.450. The van der Waals surface area contributed by atoms with E-state index >= 15 is 0 Å². The predicted molar refractivity (Wildman–Crippen MR) is 69.9 cm³/mol. The summed E-state index contributed by atoms with van der Waals surface area (Å²) in [7, 11) is 3.40. The Morgan fingerprint density at radius 2 is 2.22 bits per heavy atom. The van der Waals surface area contributed by atoms with Crippen molar-refractivity contribution in [3.8, 4) is 6.07 Å². The Balaban J connectivity index is 2.96. The first kappa shape index (κ1) is 13.8. The Kier molecular flexibility index (Phi) is 4.49. The van der Waals surface area contributed by atoms with Gasteiger partial charge in [-0.3, -0.25) is 4.79 Å². The van der Waals surface area contributed by atoms with E-state index in [0.717, 1.165) is 0 Å². The van der Waals surface area contributed by atoms with Crippen molar-refractivity contribution in [3.05, 3.63) is 17.8 Å². The molecule has 18 heavy (non-hydrogen) atoms. The number of rotatable bonds is 4. The molecule has 1 heterocycles. The van der Waals surface area contributed by atoms with Crippen LogP contribution in [0.15, 0.2) is 12.3 Å². The minimum Gasteiger partial charge on any atom is -0.396 e. The maximum atomic E-state index is 11.7. The van der Waals surface area contributed by atoms with Gasteiger partial charge in [0, 0.05) is 26.8 Å². The highest BCUT2D eigenvalue weighted by molar-refractivity contribution is 5.82. The first-order valence-corrected chi connectivity index (χ1v) is 5.60. The van der Waals surface area contributed by atoms with Crippen LogP contribution < -0.4 is 10.6 Å². The summed E-state index contributed by atoms with van der Waals surface area (Å²) in [6, 6.07) is 3.54. The van der Waals surface area contributed by atoms with Crippen molar-refractivity contribution in [2.75, 3.05) is 37.8 Å². The summed E-state index contributed by atoms with van der Waals surface area (Å²) in [5.74, 6) is 0.508. The van der Waals surface area contributed by atoms with Gasteiger partial charge in [-0.05, 0) is 13.0 Å². The van der Waals surface area contributed by atoms with Gasteiger partial charge in [-0.2, -0.15) is 5.26 Å². The third-order valence-electron chi connectivity index (χ3n) is 2.53. The van der Waals surface area contributed by atoms with E-state index in [0.29, 0.717) is 23.6 Å². The van der Waals surface area contributed by atoms with Crippen LogP contribution in [0.1, 0.15) is 12.5 Å². The molecule has 0 bridgehead atoms. The molecule has 1 rings (SSSR count). The van der Waals surface area contributed by atoms with Gasteiger partial charge in [0.1, 0.15) is 6.07 Å². The van der Waals surface area contributed by atoms with Crippen LogP contribution in [-0.2, 0) is 4.79 Å². The number of carbonyl (C=O) groups excluding carboxylic acids is 1. The molecule has 0 saturated heterocycles. The van der Waals surface area contributed by atoms with E-state index in [1.165, 1.54) is 11.1 Å². The van der Waals surface area contributed by atoms with E-state index in [9.17, 15) is 4.79 Å². The number of likely N-dealkylation sites (N-methyl/N-ethyl adjacent to an activating group) is 2. The number of nitrogen functional groups attached to an aromatic ring is 1. The lowest BCUT2D eigenvalue weighted by molar-refractivity contribution is -0.127. The number of nitrogens with zero attached hydrogens (tertiary/aromatic N) is 4. The van der Waals surface area contributed by atoms with Crippen LogP contribution in [0.2, 0.25) is 0 Å². The Hall–Kier alpha value is -2.29. The first-order valence-electron chi connectivity index (χ1n) is 5.60. The zero-order valence-electron chi connectivity index (χ0n) is 10.8. The third kappa shape index (κ3) is 3.10. The molecule has 6 heteroatoms. The molecule has 1 aromatic rings. The van der Waals surface area contributed by atoms with Gasteiger partial charge in [0.15, 0.2) is 5.82 Å². The fraction of sp³-hybridized carbons (Fsp3) is 0.417. The second-order valence-corrected chi connectivity index (χ2v) is 4.05. The van der Waals surface area contributed by atoms with E-state index in [4.69, 9.17) is 11.0 Å². The Morgan fingerprint density at radius 1 is 1.56 bits per heavy atom. The van der Waals surface area contributed by atoms with E-state index in [1.54, 1.807) is 25.1 Å². The quantitative estimate of drug-likeness (QED) is 0.834. The molecule has 1 aromatic heterocycles. The Morgan fingerprint density at radius 3 is 2.67 bits per heavy atom. The molecule has 0 atom stereocenters. The van der Waals surface area contributed by atoms with Crippen LogP contribution in [0, 0.1) is 11.3 Å². The summed E-state index contributed by atoms with van der Waals surface area (Å²) in [6.07, 6.45) is 1.45. The summed E-state index contributed by atoms with van der Waals surface area (Å²) in [5.41, 5.74) is 6.66. The van der Waals surface area contributed by atoms with Gasteiger partial charge in [-0.25, -0.2) is 4.98 Å². The maximum Gasteiger partial charge on any atom is 0.241 e. The topological polar surface area (TPSA) is 86.2 Å². The van der Waals surface area contributed by atoms with Crippen LogP contribution in [0.25, 0.3) is 0 Å². The number of hydrogen-bond acceptors (Lipinski definition) is 5. The number of hydrogen-bond donors (Lipinski definition) is 1. The third-order valence-corrected chi connectivity index (χ3v) is 2.53. The smallest absolute Gasteiger partial charge is 0.241 e. The molecule has 0 aliphatic rings. The second kappa shape index (κ2) is 5.87. The zero-order valence-corrected chi connectivity index (χ0v) is 10.8. The molecule has 96 valence electrons. The average molecular weight is 247 g/mol. The molecule has 0 spiro atoms. The summed E-state index contributed by atoms with van der Waals surface area (Å²) in [6.45, 7) is 2.75. The number of nitrogens with two attached hydrogens (primary N) is 1. The molecule has 0 aliphatic heterocycles. The standard InChI is InChI=1S/C12H17N5O/c1-4-17(8-11(18)16(2)3)12-10(14)5-9(6-13)7-15-12/h5,7H,4,8,14H2,1-3H3. The molecule has 0 aromatic carbocycles. The lowest BCUT2D eigenvalue weighted by Crippen LogP contribution is -2.37. The van der Waals surface area contributed by atoms with Crippen molar-refractivity contribution >= 4 is 17.4 Å². The number of nitriles is 1. The van der Waals surface area contributed by atoms with Gasteiger partial charge in [0.05, 0.1) is 17.8 Å². The largest absolute Gasteiger partial charge is 0.396 e. The van der Waals surface area contributed by atoms with Gasteiger partial charge < -0.3 is 15.5 Å². The highest BCUT2D eigenvalue weighted by Gasteiger charge is 2.15. The Labute approximate surface area is 107 Å². The van der Waals surface area contributed by atoms with E-state index in [-0.39, 0.29) is 12.5 Å². The molecule has 0 saturated carbocycles. The van der Waals surface area contributed by atoms with Crippen LogP contribution >= 0.6 is 0 Å². The lowest BCUT2D eigenvalue weighted by Gasteiger charge is -2.24. The van der Waals surface area contributed by atoms with Gasteiger partial charge in [-0.15, -0.1) is 0 Å². The van der Waals surface area contributed by atoms with Crippen molar-refractivity contribution in [3.63, 3.8) is 0 Å². The first-order chi connectivity index (χ1) is 8.49. The maximum absolute atomic E-state index is 11.7. The Bertz CT molecular complexity index is 478. The molecule has 2 N–H and O–H groups in total. The number of aromatic nitrogens is 1. The van der Waals surface area contributed by atoms with E-state index in [1.807, 2.05) is 13.0 Å². The molecule has 0 fully saturated rings. The summed E-state index contributed by atoms with van der Waals surface area (Å²) in [4.78, 5) is 19.1. The van der Waals surface area contributed by atoms with Gasteiger partial charge in [-0.1, -0.05) is 0 Å². The molecule has 6 nitrogen and oxygen atoms in total. The van der Waals surface area contributed by atoms with E-state index < -0.39 is 0 Å². The number of anilines is 2. The van der Waals surface area contributed by atoms with Crippen LogP contribution in [0.4, 0.5) is 11.5 Å². The van der Waals surface area contributed by atoms with Crippen molar-refractivity contribution in [1.82, 2.24) is 9.88 Å². The van der Waals surface area contributed by atoms with Crippen molar-refractivity contribution < 1.29 is 4.79 Å². The van der Waals surface area contributed by atoms with Crippen LogP contribution in [-0.4, -0.2) is 43.0 Å². The van der Waals surface area contributed by atoms with Crippen LogP contribution in [0.3, 0.4) is 0 Å². The van der Waals surface area contributed by atoms with Crippen molar-refractivity contribution in [2.45, 2.75) is 6.92 Å². The number of pyridine rings is 1. The van der Waals surface area contributed by atoms with Gasteiger partial charge in [0.2, 0.25) is 5.91 Å². The second-order valence-electron chi connectivity index (χ2n) is 4.05. The molecule has 0 radical (unpaired) electrons. The monoisotopic (exact) mass is 247 g/mol. The summed E-state index contributed by atoms with van der Waals surface area (Å²) >= 11 is 0. The SMILES string of the molecule is CCN(CC(=O)N(C)C)c1ncc(C#N)cc1N. The minimum absolute atomic E-state index is 0.0255. The molecule has 0 unspecified atom stereocenters. The highest BCUT2D eigenvalue weighted by Crippen LogP contribution is 2.20. The van der Waals surface area contributed by atoms with E-state index in [2.05, 4.69) is 4.98 Å². The molecular formula is C12H17N5O. The van der Waals surface area contributed by atoms with Gasteiger partial charge >= 0.3 is 0 Å². The molecule has 1 amide bonds. The van der Waals surface area contributed by atoms with Crippen LogP contribution in [0.5, 0.6) is 0 Å².